The second kappa shape index (κ2) is 4.49. The van der Waals surface area contributed by atoms with Crippen LogP contribution in [0.1, 0.15) is 10.4 Å². The number of aliphatic hydroxyl groups excluding tert-OH is 1. The Hall–Kier alpha value is -1.76. The molecule has 2 rings (SSSR count). The molecule has 0 atom stereocenters. The van der Waals surface area contributed by atoms with Crippen molar-refractivity contribution in [1.29, 1.82) is 0 Å². The van der Waals surface area contributed by atoms with E-state index in [0.717, 1.165) is 12.1 Å². The van der Waals surface area contributed by atoms with Crippen molar-refractivity contribution in [3.05, 3.63) is 29.8 Å². The molecule has 1 saturated heterocycles. The van der Waals surface area contributed by atoms with Crippen LogP contribution >= 0.6 is 0 Å². The van der Waals surface area contributed by atoms with Gasteiger partial charge in [-0.1, -0.05) is 6.07 Å². The van der Waals surface area contributed by atoms with E-state index in [4.69, 9.17) is 5.11 Å². The van der Waals surface area contributed by atoms with Crippen LogP contribution in [0, 0.1) is 0 Å². The highest BCUT2D eigenvalue weighted by molar-refractivity contribution is 5.95. The molecule has 0 aliphatic carbocycles. The number of amides is 1. The smallest absolute Gasteiger partial charge is 0.406 e. The van der Waals surface area contributed by atoms with Gasteiger partial charge in [0, 0.05) is 18.7 Å². The number of aliphatic hydroxyl groups is 1. The maximum atomic E-state index is 12.0. The van der Waals surface area contributed by atoms with Gasteiger partial charge in [-0.2, -0.15) is 0 Å². The Morgan fingerprint density at radius 1 is 1.39 bits per heavy atom. The highest BCUT2D eigenvalue weighted by Crippen LogP contribution is 2.24. The van der Waals surface area contributed by atoms with Crippen molar-refractivity contribution in [2.24, 2.45) is 0 Å². The van der Waals surface area contributed by atoms with Gasteiger partial charge in [0.2, 0.25) is 0 Å². The molecule has 1 aliphatic rings. The molecule has 0 spiro atoms. The first-order valence-corrected chi connectivity index (χ1v) is 5.18. The van der Waals surface area contributed by atoms with Crippen LogP contribution in [-0.2, 0) is 0 Å². The number of rotatable bonds is 2. The number of hydrogen-bond donors (Lipinski definition) is 1. The summed E-state index contributed by atoms with van der Waals surface area (Å²) >= 11 is 0. The zero-order chi connectivity index (χ0) is 13.3. The summed E-state index contributed by atoms with van der Waals surface area (Å²) in [6.07, 6.45) is -5.34. The predicted molar refractivity (Wildman–Crippen MR) is 55.0 cm³/mol. The summed E-state index contributed by atoms with van der Waals surface area (Å²) < 4.78 is 39.8. The number of β-amino-alcohol motifs (C(OH)–C–C–N with tert-alkyl or cyclic N) is 1. The third kappa shape index (κ3) is 2.92. The second-order valence-corrected chi connectivity index (χ2v) is 3.94. The van der Waals surface area contributed by atoms with Gasteiger partial charge in [-0.05, 0) is 18.2 Å². The number of likely N-dealkylation sites (tertiary alicyclic amines) is 1. The Bertz CT molecular complexity index is 455. The number of hydrogen-bond acceptors (Lipinski definition) is 3. The molecule has 1 N–H and O–H groups in total. The van der Waals surface area contributed by atoms with E-state index >= 15 is 0 Å². The molecule has 1 heterocycles. The van der Waals surface area contributed by atoms with Gasteiger partial charge in [-0.15, -0.1) is 13.2 Å². The molecule has 1 aromatic rings. The topological polar surface area (TPSA) is 49.8 Å². The van der Waals surface area contributed by atoms with Crippen molar-refractivity contribution in [3.63, 3.8) is 0 Å². The maximum Gasteiger partial charge on any atom is 0.573 e. The molecule has 0 radical (unpaired) electrons. The number of benzene rings is 1. The lowest BCUT2D eigenvalue weighted by molar-refractivity contribution is -0.274. The Balaban J connectivity index is 2.09. The summed E-state index contributed by atoms with van der Waals surface area (Å²) in [5.41, 5.74) is 0.101. The Kier molecular flexibility index (Phi) is 3.16. The van der Waals surface area contributed by atoms with Gasteiger partial charge in [0.1, 0.15) is 5.75 Å². The van der Waals surface area contributed by atoms with Crippen LogP contribution in [0.15, 0.2) is 24.3 Å². The fraction of sp³-hybridized carbons (Fsp3) is 0.364. The minimum atomic E-state index is -4.78. The molecule has 1 fully saturated rings. The molecule has 0 bridgehead atoms. The van der Waals surface area contributed by atoms with Gasteiger partial charge in [-0.25, -0.2) is 0 Å². The molecule has 1 aliphatic heterocycles. The van der Waals surface area contributed by atoms with Crippen molar-refractivity contribution in [3.8, 4) is 5.75 Å². The zero-order valence-electron chi connectivity index (χ0n) is 9.15. The van der Waals surface area contributed by atoms with Gasteiger partial charge in [-0.3, -0.25) is 4.79 Å². The summed E-state index contributed by atoms with van der Waals surface area (Å²) in [6, 6.07) is 4.86. The van der Waals surface area contributed by atoms with Crippen LogP contribution in [0.4, 0.5) is 13.2 Å². The molecule has 1 amide bonds. The van der Waals surface area contributed by atoms with Gasteiger partial charge < -0.3 is 14.7 Å². The Labute approximate surface area is 101 Å². The van der Waals surface area contributed by atoms with E-state index in [9.17, 15) is 18.0 Å². The van der Waals surface area contributed by atoms with E-state index in [0.29, 0.717) is 0 Å². The monoisotopic (exact) mass is 261 g/mol. The number of carbonyl (C=O) groups is 1. The first kappa shape index (κ1) is 12.7. The van der Waals surface area contributed by atoms with Crippen LogP contribution in [-0.4, -0.2) is 41.5 Å². The van der Waals surface area contributed by atoms with Crippen molar-refractivity contribution < 1.29 is 27.8 Å². The first-order valence-electron chi connectivity index (χ1n) is 5.18. The fourth-order valence-electron chi connectivity index (χ4n) is 1.63. The molecule has 0 unspecified atom stereocenters. The van der Waals surface area contributed by atoms with Crippen molar-refractivity contribution in [2.75, 3.05) is 13.1 Å². The number of alkyl halides is 3. The number of nitrogens with zero attached hydrogens (tertiary/aromatic N) is 1. The lowest BCUT2D eigenvalue weighted by Crippen LogP contribution is -2.53. The molecule has 7 heteroatoms. The molecular formula is C11H10F3NO3. The lowest BCUT2D eigenvalue weighted by Gasteiger charge is -2.35. The number of halogens is 3. The summed E-state index contributed by atoms with van der Waals surface area (Å²) in [5.74, 6) is -0.859. The van der Waals surface area contributed by atoms with E-state index in [2.05, 4.69) is 4.74 Å². The zero-order valence-corrected chi connectivity index (χ0v) is 9.15. The van der Waals surface area contributed by atoms with Crippen LogP contribution in [0.3, 0.4) is 0 Å². The van der Waals surface area contributed by atoms with Crippen molar-refractivity contribution >= 4 is 5.91 Å². The van der Waals surface area contributed by atoms with Gasteiger partial charge in [0.05, 0.1) is 6.10 Å². The van der Waals surface area contributed by atoms with E-state index in [1.165, 1.54) is 17.0 Å². The quantitative estimate of drug-likeness (QED) is 0.875. The second-order valence-electron chi connectivity index (χ2n) is 3.94. The third-order valence-electron chi connectivity index (χ3n) is 2.46. The molecular weight excluding hydrogens is 251 g/mol. The Morgan fingerprint density at radius 3 is 2.61 bits per heavy atom. The normalized spacial score (nSPS) is 16.3. The summed E-state index contributed by atoms with van der Waals surface area (Å²) in [7, 11) is 0. The van der Waals surface area contributed by atoms with Crippen LogP contribution in [0.25, 0.3) is 0 Å². The molecule has 18 heavy (non-hydrogen) atoms. The fourth-order valence-corrected chi connectivity index (χ4v) is 1.63. The maximum absolute atomic E-state index is 12.0. The number of carbonyl (C=O) groups excluding carboxylic acids is 1. The molecule has 0 aromatic heterocycles. The lowest BCUT2D eigenvalue weighted by atomic mass is 10.1. The third-order valence-corrected chi connectivity index (χ3v) is 2.46. The highest BCUT2D eigenvalue weighted by Gasteiger charge is 2.32. The van der Waals surface area contributed by atoms with Gasteiger partial charge in [0.15, 0.2) is 0 Å². The molecule has 0 saturated carbocycles. The SMILES string of the molecule is O=C(c1cccc(OC(F)(F)F)c1)N1CC(O)C1. The summed E-state index contributed by atoms with van der Waals surface area (Å²) in [4.78, 5) is 13.1. The van der Waals surface area contributed by atoms with E-state index in [1.807, 2.05) is 0 Å². The van der Waals surface area contributed by atoms with Crippen LogP contribution in [0.2, 0.25) is 0 Å². The predicted octanol–water partition coefficient (Wildman–Crippen LogP) is 1.40. The number of ether oxygens (including phenoxy) is 1. The highest BCUT2D eigenvalue weighted by atomic mass is 19.4. The van der Waals surface area contributed by atoms with Crippen molar-refractivity contribution in [2.45, 2.75) is 12.5 Å². The minimum Gasteiger partial charge on any atom is -0.406 e. The van der Waals surface area contributed by atoms with E-state index in [1.54, 1.807) is 0 Å². The molecule has 4 nitrogen and oxygen atoms in total. The Morgan fingerprint density at radius 2 is 2.06 bits per heavy atom. The average Bonchev–Trinajstić information content (AvgIpc) is 2.22. The average molecular weight is 261 g/mol. The first-order chi connectivity index (χ1) is 8.35. The van der Waals surface area contributed by atoms with Gasteiger partial charge in [0.25, 0.3) is 5.91 Å². The molecule has 98 valence electrons. The van der Waals surface area contributed by atoms with Gasteiger partial charge >= 0.3 is 6.36 Å². The largest absolute Gasteiger partial charge is 0.573 e. The minimum absolute atomic E-state index is 0.101. The van der Waals surface area contributed by atoms with Crippen LogP contribution in [0.5, 0.6) is 5.75 Å². The van der Waals surface area contributed by atoms with E-state index in [-0.39, 0.29) is 18.7 Å². The summed E-state index contributed by atoms with van der Waals surface area (Å²) in [5, 5.41) is 9.05. The standard InChI is InChI=1S/C11H10F3NO3/c12-11(13,14)18-9-3-1-2-7(4-9)10(17)15-5-8(16)6-15/h1-4,8,16H,5-6H2. The molecule has 1 aromatic carbocycles. The summed E-state index contributed by atoms with van der Waals surface area (Å²) in [6.45, 7) is 0.395. The van der Waals surface area contributed by atoms with E-state index < -0.39 is 24.1 Å². The van der Waals surface area contributed by atoms with Crippen LogP contribution < -0.4 is 4.74 Å². The van der Waals surface area contributed by atoms with Crippen molar-refractivity contribution in [1.82, 2.24) is 4.90 Å².